The number of carbonyl (C=O) groups excluding carboxylic acids is 2. The van der Waals surface area contributed by atoms with E-state index in [1.54, 1.807) is 0 Å². The Kier molecular flexibility index (Phi) is 4.32. The Morgan fingerprint density at radius 3 is 2.67 bits per heavy atom. The number of amides is 3. The first kappa shape index (κ1) is 13.6. The predicted molar refractivity (Wildman–Crippen MR) is 55.4 cm³/mol. The maximum Gasteiger partial charge on any atom is 0.358 e. The summed E-state index contributed by atoms with van der Waals surface area (Å²) in [7, 11) is 1.35. The average Bonchev–Trinajstić information content (AvgIpc) is 2.61. The number of urea groups is 1. The van der Waals surface area contributed by atoms with Crippen LogP contribution in [-0.4, -0.2) is 45.1 Å². The van der Waals surface area contributed by atoms with Gasteiger partial charge in [0.1, 0.15) is 6.54 Å². The van der Waals surface area contributed by atoms with E-state index in [0.717, 1.165) is 4.68 Å². The highest BCUT2D eigenvalue weighted by Gasteiger charge is 2.20. The van der Waals surface area contributed by atoms with Crippen molar-refractivity contribution in [2.45, 2.75) is 13.2 Å². The van der Waals surface area contributed by atoms with Crippen LogP contribution in [0.5, 0.6) is 0 Å². The summed E-state index contributed by atoms with van der Waals surface area (Å²) in [6.45, 7) is -0.472. The molecule has 0 aromatic carbocycles. The number of primary amides is 1. The van der Waals surface area contributed by atoms with Gasteiger partial charge in [-0.15, -0.1) is 5.10 Å². The molecule has 1 heterocycles. The number of aromatic carboxylic acids is 1. The first-order valence-electron chi connectivity index (χ1n) is 4.69. The number of nitrogens with zero attached hydrogens (tertiary/aromatic N) is 3. The minimum atomic E-state index is -1.29. The number of nitrogens with one attached hydrogen (secondary N) is 1. The highest BCUT2D eigenvalue weighted by atomic mass is 16.5. The molecule has 1 aromatic rings. The number of methoxy groups -OCH3 is 1. The van der Waals surface area contributed by atoms with E-state index in [9.17, 15) is 14.4 Å². The highest BCUT2D eigenvalue weighted by molar-refractivity contribution is 5.93. The van der Waals surface area contributed by atoms with Gasteiger partial charge in [0.25, 0.3) is 0 Å². The Morgan fingerprint density at radius 2 is 2.17 bits per heavy atom. The van der Waals surface area contributed by atoms with Crippen molar-refractivity contribution in [2.24, 2.45) is 5.73 Å². The zero-order valence-corrected chi connectivity index (χ0v) is 9.41. The van der Waals surface area contributed by atoms with Gasteiger partial charge in [-0.1, -0.05) is 5.21 Å². The summed E-state index contributed by atoms with van der Waals surface area (Å²) < 4.78 is 5.81. The second-order valence-electron chi connectivity index (χ2n) is 3.19. The lowest BCUT2D eigenvalue weighted by Gasteiger charge is -2.05. The number of aromatic nitrogens is 3. The summed E-state index contributed by atoms with van der Waals surface area (Å²) in [5, 5.41) is 17.6. The lowest BCUT2D eigenvalue weighted by molar-refractivity contribution is -0.120. The van der Waals surface area contributed by atoms with E-state index in [1.807, 2.05) is 5.32 Å². The van der Waals surface area contributed by atoms with E-state index in [-0.39, 0.29) is 24.5 Å². The van der Waals surface area contributed by atoms with Crippen molar-refractivity contribution in [3.63, 3.8) is 0 Å². The number of nitrogens with two attached hydrogens (primary N) is 1. The van der Waals surface area contributed by atoms with E-state index in [4.69, 9.17) is 15.6 Å². The van der Waals surface area contributed by atoms with Gasteiger partial charge in [0.15, 0.2) is 5.69 Å². The van der Waals surface area contributed by atoms with Gasteiger partial charge in [-0.05, 0) is 0 Å². The molecule has 4 N–H and O–H groups in total. The van der Waals surface area contributed by atoms with Crippen LogP contribution < -0.4 is 11.1 Å². The van der Waals surface area contributed by atoms with Gasteiger partial charge in [0.2, 0.25) is 5.91 Å². The molecule has 0 atom stereocenters. The van der Waals surface area contributed by atoms with E-state index in [0.29, 0.717) is 0 Å². The fourth-order valence-corrected chi connectivity index (χ4v) is 1.22. The molecule has 3 amide bonds. The number of carbonyl (C=O) groups is 3. The molecule has 0 aliphatic carbocycles. The molecule has 0 aliphatic heterocycles. The van der Waals surface area contributed by atoms with Crippen molar-refractivity contribution >= 4 is 17.9 Å². The monoisotopic (exact) mass is 257 g/mol. The molecule has 0 saturated heterocycles. The second-order valence-corrected chi connectivity index (χ2v) is 3.19. The van der Waals surface area contributed by atoms with Crippen LogP contribution in [0.25, 0.3) is 0 Å². The van der Waals surface area contributed by atoms with Crippen LogP contribution in [0.2, 0.25) is 0 Å². The first-order chi connectivity index (χ1) is 8.45. The largest absolute Gasteiger partial charge is 0.476 e. The Balaban J connectivity index is 2.91. The summed E-state index contributed by atoms with van der Waals surface area (Å²) in [6, 6.07) is -1.01. The van der Waals surface area contributed by atoms with E-state index < -0.39 is 17.9 Å². The molecule has 0 saturated carbocycles. The molecule has 0 spiro atoms. The molecule has 98 valence electrons. The van der Waals surface area contributed by atoms with E-state index >= 15 is 0 Å². The summed E-state index contributed by atoms with van der Waals surface area (Å²) in [4.78, 5) is 32.5. The van der Waals surface area contributed by atoms with Crippen LogP contribution in [0.1, 0.15) is 16.2 Å². The van der Waals surface area contributed by atoms with Gasteiger partial charge in [-0.2, -0.15) is 0 Å². The lowest BCUT2D eigenvalue weighted by atomic mass is 10.3. The average molecular weight is 257 g/mol. The molecular formula is C8H11N5O5. The first-order valence-corrected chi connectivity index (χ1v) is 4.69. The van der Waals surface area contributed by atoms with Crippen LogP contribution in [-0.2, 0) is 22.7 Å². The Bertz CT molecular complexity index is 482. The number of hydrogen-bond acceptors (Lipinski definition) is 6. The Hall–Kier alpha value is -2.49. The predicted octanol–water partition coefficient (Wildman–Crippen LogP) is -1.68. The van der Waals surface area contributed by atoms with Crippen molar-refractivity contribution in [3.8, 4) is 0 Å². The number of rotatable bonds is 5. The summed E-state index contributed by atoms with van der Waals surface area (Å²) >= 11 is 0. The SMILES string of the molecule is COCc1c(C(=O)O)nnn1CC(=O)NC(N)=O. The number of carboxylic acids is 1. The summed E-state index contributed by atoms with van der Waals surface area (Å²) in [5.41, 5.74) is 4.56. The third-order valence-electron chi connectivity index (χ3n) is 1.88. The third-order valence-corrected chi connectivity index (χ3v) is 1.88. The van der Waals surface area contributed by atoms with Crippen molar-refractivity contribution in [1.29, 1.82) is 0 Å². The van der Waals surface area contributed by atoms with Crippen molar-refractivity contribution in [2.75, 3.05) is 7.11 Å². The maximum absolute atomic E-state index is 11.3. The van der Waals surface area contributed by atoms with Crippen molar-refractivity contribution < 1.29 is 24.2 Å². The van der Waals surface area contributed by atoms with Gasteiger partial charge in [-0.25, -0.2) is 14.3 Å². The molecule has 1 aromatic heterocycles. The van der Waals surface area contributed by atoms with Crippen LogP contribution in [0.4, 0.5) is 4.79 Å². The molecule has 0 unspecified atom stereocenters. The normalized spacial score (nSPS) is 10.1. The van der Waals surface area contributed by atoms with Gasteiger partial charge in [0.05, 0.1) is 12.3 Å². The minimum absolute atomic E-state index is 0.0848. The standard InChI is InChI=1S/C8H11N5O5/c1-18-3-4-6(7(15)16)11-12-13(4)2-5(14)10-8(9)17/h2-3H2,1H3,(H,15,16)(H3,9,10,14,17). The van der Waals surface area contributed by atoms with E-state index in [1.165, 1.54) is 7.11 Å². The molecule has 0 aliphatic rings. The van der Waals surface area contributed by atoms with Crippen molar-refractivity contribution in [1.82, 2.24) is 20.3 Å². The fourth-order valence-electron chi connectivity index (χ4n) is 1.22. The molecular weight excluding hydrogens is 246 g/mol. The van der Waals surface area contributed by atoms with Gasteiger partial charge < -0.3 is 15.6 Å². The molecule has 10 heteroatoms. The highest BCUT2D eigenvalue weighted by Crippen LogP contribution is 2.06. The smallest absolute Gasteiger partial charge is 0.358 e. The van der Waals surface area contributed by atoms with Crippen LogP contribution in [0.15, 0.2) is 0 Å². The maximum atomic E-state index is 11.3. The number of carboxylic acid groups (broad SMARTS) is 1. The molecule has 18 heavy (non-hydrogen) atoms. The Morgan fingerprint density at radius 1 is 1.50 bits per heavy atom. The van der Waals surface area contributed by atoms with Crippen LogP contribution in [0.3, 0.4) is 0 Å². The number of hydrogen-bond donors (Lipinski definition) is 3. The summed E-state index contributed by atoms with van der Waals surface area (Å²) in [6.07, 6.45) is 0. The number of ether oxygens (including phenoxy) is 1. The molecule has 0 fully saturated rings. The molecule has 10 nitrogen and oxygen atoms in total. The minimum Gasteiger partial charge on any atom is -0.476 e. The topological polar surface area (TPSA) is 149 Å². The van der Waals surface area contributed by atoms with Crippen LogP contribution in [0, 0.1) is 0 Å². The zero-order chi connectivity index (χ0) is 13.7. The van der Waals surface area contributed by atoms with Crippen LogP contribution >= 0.6 is 0 Å². The number of imide groups is 1. The van der Waals surface area contributed by atoms with Gasteiger partial charge in [0, 0.05) is 7.11 Å². The van der Waals surface area contributed by atoms with Gasteiger partial charge >= 0.3 is 12.0 Å². The van der Waals surface area contributed by atoms with Gasteiger partial charge in [-0.3, -0.25) is 10.1 Å². The lowest BCUT2D eigenvalue weighted by Crippen LogP contribution is -2.37. The Labute approximate surface area is 101 Å². The molecule has 0 bridgehead atoms. The fraction of sp³-hybridized carbons (Fsp3) is 0.375. The second kappa shape index (κ2) is 5.72. The molecule has 0 radical (unpaired) electrons. The quantitative estimate of drug-likeness (QED) is 0.569. The summed E-state index contributed by atoms with van der Waals surface area (Å²) in [5.74, 6) is -2.02. The van der Waals surface area contributed by atoms with E-state index in [2.05, 4.69) is 10.3 Å². The van der Waals surface area contributed by atoms with Crippen molar-refractivity contribution in [3.05, 3.63) is 11.4 Å². The zero-order valence-electron chi connectivity index (χ0n) is 9.41. The third kappa shape index (κ3) is 3.25. The molecule has 1 rings (SSSR count).